The molecule has 0 amide bonds. The maximum atomic E-state index is 13.8. The lowest BCUT2D eigenvalue weighted by molar-refractivity contribution is 0.419. The third-order valence-electron chi connectivity index (χ3n) is 2.99. The van der Waals surface area contributed by atoms with Gasteiger partial charge in [-0.15, -0.1) is 0 Å². The molecule has 5 heteroatoms. The number of ether oxygens (including phenoxy) is 1. The number of methoxy groups -OCH3 is 1. The number of imidazole rings is 1. The van der Waals surface area contributed by atoms with Gasteiger partial charge in [0.15, 0.2) is 0 Å². The zero-order valence-electron chi connectivity index (χ0n) is 10.2. The van der Waals surface area contributed by atoms with Crippen LogP contribution in [0.3, 0.4) is 0 Å². The Morgan fingerprint density at radius 2 is 1.95 bits per heavy atom. The largest absolute Gasteiger partial charge is 0.494 e. The molecule has 1 N–H and O–H groups in total. The minimum absolute atomic E-state index is 0.215. The van der Waals surface area contributed by atoms with Gasteiger partial charge in [0.05, 0.1) is 18.3 Å². The van der Waals surface area contributed by atoms with Crippen molar-refractivity contribution < 1.29 is 9.13 Å². The van der Waals surface area contributed by atoms with Crippen molar-refractivity contribution in [1.29, 1.82) is 0 Å². The van der Waals surface area contributed by atoms with Crippen LogP contribution in [0.15, 0.2) is 47.3 Å². The van der Waals surface area contributed by atoms with Gasteiger partial charge in [-0.1, -0.05) is 18.2 Å². The summed E-state index contributed by atoms with van der Waals surface area (Å²) in [6.07, 6.45) is 0. The predicted molar refractivity (Wildman–Crippen MR) is 70.4 cm³/mol. The highest BCUT2D eigenvalue weighted by molar-refractivity contribution is 5.83. The van der Waals surface area contributed by atoms with Gasteiger partial charge >= 0.3 is 5.69 Å². The molecule has 96 valence electrons. The van der Waals surface area contributed by atoms with E-state index in [0.29, 0.717) is 16.8 Å². The molecule has 0 fully saturated rings. The number of nitrogens with one attached hydrogen (secondary N) is 1. The Balaban J connectivity index is 2.40. The lowest BCUT2D eigenvalue weighted by atomic mass is 10.2. The van der Waals surface area contributed by atoms with E-state index >= 15 is 0 Å². The fourth-order valence-corrected chi connectivity index (χ4v) is 2.15. The van der Waals surface area contributed by atoms with Crippen LogP contribution >= 0.6 is 0 Å². The quantitative estimate of drug-likeness (QED) is 0.767. The second-order valence-corrected chi connectivity index (χ2v) is 4.07. The van der Waals surface area contributed by atoms with E-state index in [0.717, 1.165) is 0 Å². The SMILES string of the molecule is COc1cccc2c1[nH]c(=O)n2-c1ccccc1F. The van der Waals surface area contributed by atoms with Crippen molar-refractivity contribution in [2.24, 2.45) is 0 Å². The van der Waals surface area contributed by atoms with Gasteiger partial charge in [0, 0.05) is 0 Å². The molecular weight excluding hydrogens is 247 g/mol. The normalized spacial score (nSPS) is 10.8. The third-order valence-corrected chi connectivity index (χ3v) is 2.99. The van der Waals surface area contributed by atoms with Gasteiger partial charge in [-0.25, -0.2) is 9.18 Å². The fourth-order valence-electron chi connectivity index (χ4n) is 2.15. The maximum Gasteiger partial charge on any atom is 0.331 e. The number of aromatic nitrogens is 2. The summed E-state index contributed by atoms with van der Waals surface area (Å²) in [6.45, 7) is 0. The van der Waals surface area contributed by atoms with Crippen LogP contribution in [0.1, 0.15) is 0 Å². The van der Waals surface area contributed by atoms with Crippen LogP contribution < -0.4 is 10.4 Å². The summed E-state index contributed by atoms with van der Waals surface area (Å²) in [5.74, 6) is 0.0954. The molecule has 3 aromatic rings. The van der Waals surface area contributed by atoms with E-state index in [-0.39, 0.29) is 5.69 Å². The van der Waals surface area contributed by atoms with E-state index in [1.54, 1.807) is 36.4 Å². The van der Waals surface area contributed by atoms with E-state index in [9.17, 15) is 9.18 Å². The van der Waals surface area contributed by atoms with Crippen molar-refractivity contribution in [2.45, 2.75) is 0 Å². The first-order valence-electron chi connectivity index (χ1n) is 5.75. The van der Waals surface area contributed by atoms with Crippen molar-refractivity contribution >= 4 is 11.0 Å². The molecule has 19 heavy (non-hydrogen) atoms. The number of para-hydroxylation sites is 2. The number of fused-ring (bicyclic) bond motifs is 1. The lowest BCUT2D eigenvalue weighted by Crippen LogP contribution is -2.15. The highest BCUT2D eigenvalue weighted by Gasteiger charge is 2.14. The lowest BCUT2D eigenvalue weighted by Gasteiger charge is -2.05. The summed E-state index contributed by atoms with van der Waals surface area (Å²) in [4.78, 5) is 14.7. The first-order valence-corrected chi connectivity index (χ1v) is 5.75. The van der Waals surface area contributed by atoms with Gasteiger partial charge in [-0.2, -0.15) is 0 Å². The van der Waals surface area contributed by atoms with E-state index in [1.807, 2.05) is 0 Å². The molecule has 2 aromatic carbocycles. The van der Waals surface area contributed by atoms with Gasteiger partial charge in [0.2, 0.25) is 0 Å². The van der Waals surface area contributed by atoms with E-state index in [2.05, 4.69) is 4.98 Å². The van der Waals surface area contributed by atoms with Gasteiger partial charge in [-0.05, 0) is 24.3 Å². The van der Waals surface area contributed by atoms with Crippen LogP contribution in [0.25, 0.3) is 16.7 Å². The summed E-state index contributed by atoms with van der Waals surface area (Å²) in [5.41, 5.74) is 0.948. The average Bonchev–Trinajstić information content (AvgIpc) is 2.75. The molecule has 0 aliphatic rings. The zero-order valence-corrected chi connectivity index (χ0v) is 10.2. The van der Waals surface area contributed by atoms with Crippen LogP contribution in [0, 0.1) is 5.82 Å². The molecular formula is C14H11FN2O2. The highest BCUT2D eigenvalue weighted by Crippen LogP contribution is 2.24. The maximum absolute atomic E-state index is 13.8. The summed E-state index contributed by atoms with van der Waals surface area (Å²) in [5, 5.41) is 0. The zero-order chi connectivity index (χ0) is 13.4. The number of halogens is 1. The summed E-state index contributed by atoms with van der Waals surface area (Å²) >= 11 is 0. The molecule has 0 bridgehead atoms. The molecule has 0 aliphatic heterocycles. The second kappa shape index (κ2) is 4.28. The molecule has 4 nitrogen and oxygen atoms in total. The van der Waals surface area contributed by atoms with Crippen molar-refractivity contribution in [2.75, 3.05) is 7.11 Å². The molecule has 3 rings (SSSR count). The Bertz CT molecular complexity index is 805. The minimum Gasteiger partial charge on any atom is -0.494 e. The van der Waals surface area contributed by atoms with Gasteiger partial charge in [-0.3, -0.25) is 4.57 Å². The van der Waals surface area contributed by atoms with Gasteiger partial charge in [0.25, 0.3) is 0 Å². The molecule has 0 spiro atoms. The number of benzene rings is 2. The number of H-pyrrole nitrogens is 1. The number of hydrogen-bond acceptors (Lipinski definition) is 2. The molecule has 1 heterocycles. The van der Waals surface area contributed by atoms with Crippen LogP contribution in [0.4, 0.5) is 4.39 Å². The Morgan fingerprint density at radius 1 is 1.16 bits per heavy atom. The number of hydrogen-bond donors (Lipinski definition) is 1. The number of aromatic amines is 1. The molecule has 0 saturated carbocycles. The van der Waals surface area contributed by atoms with Crippen molar-refractivity contribution in [1.82, 2.24) is 9.55 Å². The Hall–Kier alpha value is -2.56. The molecule has 0 aliphatic carbocycles. The van der Waals surface area contributed by atoms with Crippen molar-refractivity contribution in [3.8, 4) is 11.4 Å². The smallest absolute Gasteiger partial charge is 0.331 e. The molecule has 1 aromatic heterocycles. The Morgan fingerprint density at radius 3 is 2.68 bits per heavy atom. The second-order valence-electron chi connectivity index (χ2n) is 4.07. The standard InChI is InChI=1S/C14H11FN2O2/c1-19-12-8-4-7-11-13(12)16-14(18)17(11)10-6-3-2-5-9(10)15/h2-8H,1H3,(H,16,18). The van der Waals surface area contributed by atoms with Gasteiger partial charge < -0.3 is 9.72 Å². The van der Waals surface area contributed by atoms with Crippen molar-refractivity contribution in [3.05, 3.63) is 58.8 Å². The van der Waals surface area contributed by atoms with Crippen LogP contribution in [-0.4, -0.2) is 16.7 Å². The van der Waals surface area contributed by atoms with E-state index < -0.39 is 11.5 Å². The molecule has 0 radical (unpaired) electrons. The summed E-state index contributed by atoms with van der Waals surface area (Å²) < 4.78 is 20.3. The molecule has 0 unspecified atom stereocenters. The highest BCUT2D eigenvalue weighted by atomic mass is 19.1. The first-order chi connectivity index (χ1) is 9.22. The number of rotatable bonds is 2. The minimum atomic E-state index is -0.451. The molecule has 0 saturated heterocycles. The van der Waals surface area contributed by atoms with Crippen LogP contribution in [0.2, 0.25) is 0 Å². The topological polar surface area (TPSA) is 47.0 Å². The Kier molecular flexibility index (Phi) is 2.59. The van der Waals surface area contributed by atoms with Crippen LogP contribution in [-0.2, 0) is 0 Å². The van der Waals surface area contributed by atoms with Crippen LogP contribution in [0.5, 0.6) is 5.75 Å². The fraction of sp³-hybridized carbons (Fsp3) is 0.0714. The van der Waals surface area contributed by atoms with Gasteiger partial charge in [0.1, 0.15) is 17.1 Å². The monoisotopic (exact) mass is 258 g/mol. The first kappa shape index (κ1) is 11.5. The van der Waals surface area contributed by atoms with E-state index in [4.69, 9.17) is 4.74 Å². The average molecular weight is 258 g/mol. The third kappa shape index (κ3) is 1.71. The summed E-state index contributed by atoms with van der Waals surface area (Å²) in [7, 11) is 1.52. The predicted octanol–water partition coefficient (Wildman–Crippen LogP) is 2.47. The molecule has 0 atom stereocenters. The van der Waals surface area contributed by atoms with Crippen molar-refractivity contribution in [3.63, 3.8) is 0 Å². The summed E-state index contributed by atoms with van der Waals surface area (Å²) in [6, 6.07) is 11.4. The van der Waals surface area contributed by atoms with E-state index in [1.165, 1.54) is 17.7 Å². The number of nitrogens with zero attached hydrogens (tertiary/aromatic N) is 1. The Labute approximate surface area is 108 Å².